The van der Waals surface area contributed by atoms with Crippen molar-refractivity contribution in [1.82, 2.24) is 0 Å². The van der Waals surface area contributed by atoms with E-state index in [1.54, 1.807) is 42.5 Å². The predicted molar refractivity (Wildman–Crippen MR) is 128 cm³/mol. The first kappa shape index (κ1) is 23.9. The zero-order valence-corrected chi connectivity index (χ0v) is 19.6. The van der Waals surface area contributed by atoms with Crippen molar-refractivity contribution in [2.75, 3.05) is 30.1 Å². The van der Waals surface area contributed by atoms with Crippen LogP contribution in [0, 0.1) is 0 Å². The molecule has 0 aliphatic heterocycles. The van der Waals surface area contributed by atoms with Crippen molar-refractivity contribution in [2.24, 2.45) is 0 Å². The molecule has 0 spiro atoms. The molecule has 3 aromatic carbocycles. The number of amides is 1. The zero-order chi connectivity index (χ0) is 24.0. The molecule has 174 valence electrons. The lowest BCUT2D eigenvalue weighted by atomic mass is 10.2. The summed E-state index contributed by atoms with van der Waals surface area (Å²) in [5.74, 6) is 1.65. The number of nitrogens with zero attached hydrogens (tertiary/aromatic N) is 1. The van der Waals surface area contributed by atoms with Gasteiger partial charge in [0.1, 0.15) is 17.5 Å². The van der Waals surface area contributed by atoms with Gasteiger partial charge in [-0.15, -0.1) is 0 Å². The fourth-order valence-electron chi connectivity index (χ4n) is 3.26. The van der Waals surface area contributed by atoms with Gasteiger partial charge >= 0.3 is 0 Å². The molecule has 0 saturated heterocycles. The lowest BCUT2D eigenvalue weighted by molar-refractivity contribution is -0.116. The standard InChI is InChI=1S/C24H26N2O6S/c1-17(24(27)25-18-10-15-22(30-2)23(16-18)31-3)26(33(4,28)29)19-11-13-21(14-12-19)32-20-8-6-5-7-9-20/h5-17H,1-4H3,(H,25,27)/t17-/m0/s1. The molecule has 0 aliphatic carbocycles. The Kier molecular flexibility index (Phi) is 7.44. The van der Waals surface area contributed by atoms with Crippen LogP contribution in [0.5, 0.6) is 23.0 Å². The number of para-hydroxylation sites is 1. The molecule has 0 aliphatic rings. The molecule has 0 bridgehead atoms. The van der Waals surface area contributed by atoms with Crippen LogP contribution in [0.15, 0.2) is 72.8 Å². The summed E-state index contributed by atoms with van der Waals surface area (Å²) in [6, 6.07) is 19.6. The summed E-state index contributed by atoms with van der Waals surface area (Å²) < 4.78 is 42.4. The van der Waals surface area contributed by atoms with Gasteiger partial charge in [-0.05, 0) is 55.5 Å². The van der Waals surface area contributed by atoms with Crippen LogP contribution >= 0.6 is 0 Å². The molecule has 3 rings (SSSR count). The van der Waals surface area contributed by atoms with E-state index in [0.717, 1.165) is 10.6 Å². The Labute approximate surface area is 193 Å². The molecular formula is C24H26N2O6S. The second-order valence-electron chi connectivity index (χ2n) is 7.20. The normalized spacial score (nSPS) is 11.9. The second kappa shape index (κ2) is 10.3. The quantitative estimate of drug-likeness (QED) is 0.501. The van der Waals surface area contributed by atoms with Gasteiger partial charge in [0, 0.05) is 11.8 Å². The molecule has 8 nitrogen and oxygen atoms in total. The number of benzene rings is 3. The predicted octanol–water partition coefficient (Wildman–Crippen LogP) is 4.29. The Morgan fingerprint density at radius 2 is 1.48 bits per heavy atom. The van der Waals surface area contributed by atoms with Crippen LogP contribution in [0.25, 0.3) is 0 Å². The maximum Gasteiger partial charge on any atom is 0.247 e. The highest BCUT2D eigenvalue weighted by molar-refractivity contribution is 7.92. The third-order valence-corrected chi connectivity index (χ3v) is 6.05. The van der Waals surface area contributed by atoms with Crippen molar-refractivity contribution in [3.05, 3.63) is 72.8 Å². The van der Waals surface area contributed by atoms with E-state index in [1.165, 1.54) is 21.1 Å². The molecule has 0 radical (unpaired) electrons. The van der Waals surface area contributed by atoms with Crippen LogP contribution in [0.1, 0.15) is 6.92 Å². The lowest BCUT2D eigenvalue weighted by Crippen LogP contribution is -2.45. The molecule has 0 saturated carbocycles. The van der Waals surface area contributed by atoms with E-state index in [4.69, 9.17) is 14.2 Å². The molecule has 0 aromatic heterocycles. The summed E-state index contributed by atoms with van der Waals surface area (Å²) in [6.07, 6.45) is 1.06. The van der Waals surface area contributed by atoms with Crippen molar-refractivity contribution in [2.45, 2.75) is 13.0 Å². The summed E-state index contributed by atoms with van der Waals surface area (Å²) in [5.41, 5.74) is 0.789. The molecule has 3 aromatic rings. The van der Waals surface area contributed by atoms with Gasteiger partial charge in [0.15, 0.2) is 11.5 Å². The monoisotopic (exact) mass is 470 g/mol. The number of methoxy groups -OCH3 is 2. The highest BCUT2D eigenvalue weighted by atomic mass is 32.2. The van der Waals surface area contributed by atoms with Crippen molar-refractivity contribution >= 4 is 27.3 Å². The van der Waals surface area contributed by atoms with Crippen LogP contribution in [-0.2, 0) is 14.8 Å². The summed E-state index contributed by atoms with van der Waals surface area (Å²) in [4.78, 5) is 12.9. The third-order valence-electron chi connectivity index (χ3n) is 4.81. The van der Waals surface area contributed by atoms with Crippen LogP contribution in [0.2, 0.25) is 0 Å². The highest BCUT2D eigenvalue weighted by Crippen LogP contribution is 2.31. The van der Waals surface area contributed by atoms with Gasteiger partial charge < -0.3 is 19.5 Å². The third kappa shape index (κ3) is 5.95. The van der Waals surface area contributed by atoms with Gasteiger partial charge in [0.2, 0.25) is 15.9 Å². The molecule has 1 atom stereocenters. The number of carbonyl (C=O) groups is 1. The molecule has 0 heterocycles. The maximum absolute atomic E-state index is 12.9. The highest BCUT2D eigenvalue weighted by Gasteiger charge is 2.29. The summed E-state index contributed by atoms with van der Waals surface area (Å²) >= 11 is 0. The number of sulfonamides is 1. The van der Waals surface area contributed by atoms with Crippen LogP contribution < -0.4 is 23.8 Å². The van der Waals surface area contributed by atoms with E-state index in [0.29, 0.717) is 34.4 Å². The minimum Gasteiger partial charge on any atom is -0.493 e. The van der Waals surface area contributed by atoms with Gasteiger partial charge in [0.25, 0.3) is 0 Å². The Bertz CT molecular complexity index is 1200. The van der Waals surface area contributed by atoms with Gasteiger partial charge in [-0.1, -0.05) is 18.2 Å². The maximum atomic E-state index is 12.9. The summed E-state index contributed by atoms with van der Waals surface area (Å²) in [5, 5.41) is 2.73. The average molecular weight is 471 g/mol. The van der Waals surface area contributed by atoms with Crippen molar-refractivity contribution < 1.29 is 27.4 Å². The SMILES string of the molecule is COc1ccc(NC(=O)[C@H](C)N(c2ccc(Oc3ccccc3)cc2)S(C)(=O)=O)cc1OC. The zero-order valence-electron chi connectivity index (χ0n) is 18.8. The van der Waals surface area contributed by atoms with E-state index >= 15 is 0 Å². The number of hydrogen-bond donors (Lipinski definition) is 1. The first-order valence-electron chi connectivity index (χ1n) is 10.1. The number of hydrogen-bond acceptors (Lipinski definition) is 6. The van der Waals surface area contributed by atoms with Crippen molar-refractivity contribution in [3.63, 3.8) is 0 Å². The first-order valence-corrected chi connectivity index (χ1v) is 11.9. The number of anilines is 2. The molecule has 1 amide bonds. The van der Waals surface area contributed by atoms with Crippen molar-refractivity contribution in [3.8, 4) is 23.0 Å². The Morgan fingerprint density at radius 1 is 0.879 bits per heavy atom. The largest absolute Gasteiger partial charge is 0.493 e. The smallest absolute Gasteiger partial charge is 0.247 e. The van der Waals surface area contributed by atoms with E-state index in [2.05, 4.69) is 5.32 Å². The fraction of sp³-hybridized carbons (Fsp3) is 0.208. The molecular weight excluding hydrogens is 444 g/mol. The Balaban J connectivity index is 1.80. The number of carbonyl (C=O) groups excluding carboxylic acids is 1. The van der Waals surface area contributed by atoms with Gasteiger partial charge in [-0.2, -0.15) is 0 Å². The molecule has 9 heteroatoms. The van der Waals surface area contributed by atoms with E-state index < -0.39 is 22.0 Å². The Hall–Kier alpha value is -3.72. The van der Waals surface area contributed by atoms with E-state index in [-0.39, 0.29) is 0 Å². The fourth-order valence-corrected chi connectivity index (χ4v) is 4.43. The minimum absolute atomic E-state index is 0.341. The number of ether oxygens (including phenoxy) is 3. The second-order valence-corrected chi connectivity index (χ2v) is 9.06. The Morgan fingerprint density at radius 3 is 2.06 bits per heavy atom. The molecule has 0 unspecified atom stereocenters. The van der Waals surface area contributed by atoms with Crippen molar-refractivity contribution in [1.29, 1.82) is 0 Å². The molecule has 1 N–H and O–H groups in total. The van der Waals surface area contributed by atoms with E-state index in [1.807, 2.05) is 30.3 Å². The summed E-state index contributed by atoms with van der Waals surface area (Å²) in [6.45, 7) is 1.52. The number of nitrogens with one attached hydrogen (secondary N) is 1. The van der Waals surface area contributed by atoms with Crippen LogP contribution in [0.4, 0.5) is 11.4 Å². The lowest BCUT2D eigenvalue weighted by Gasteiger charge is -2.28. The topological polar surface area (TPSA) is 94.2 Å². The molecule has 0 fully saturated rings. The molecule has 33 heavy (non-hydrogen) atoms. The summed E-state index contributed by atoms with van der Waals surface area (Å²) in [7, 11) is -0.762. The first-order chi connectivity index (χ1) is 15.7. The van der Waals surface area contributed by atoms with Crippen LogP contribution in [-0.4, -0.2) is 40.8 Å². The minimum atomic E-state index is -3.76. The van der Waals surface area contributed by atoms with Gasteiger partial charge in [0.05, 0.1) is 26.2 Å². The van der Waals surface area contributed by atoms with Crippen LogP contribution in [0.3, 0.4) is 0 Å². The average Bonchev–Trinajstić information content (AvgIpc) is 2.80. The van der Waals surface area contributed by atoms with E-state index in [9.17, 15) is 13.2 Å². The van der Waals surface area contributed by atoms with Gasteiger partial charge in [-0.25, -0.2) is 8.42 Å². The number of rotatable bonds is 9. The van der Waals surface area contributed by atoms with Gasteiger partial charge in [-0.3, -0.25) is 9.10 Å².